The van der Waals surface area contributed by atoms with Gasteiger partial charge in [0.2, 0.25) is 0 Å². The van der Waals surface area contributed by atoms with Crippen molar-refractivity contribution >= 4 is 11.6 Å². The van der Waals surface area contributed by atoms with Crippen LogP contribution in [0.4, 0.5) is 0 Å². The minimum Gasteiger partial charge on any atom is -0.453 e. The van der Waals surface area contributed by atoms with E-state index in [1.54, 1.807) is 12.1 Å². The Bertz CT molecular complexity index is 1150. The number of nitrogens with zero attached hydrogens (tertiary/aromatic N) is 1. The Labute approximate surface area is 167 Å². The first-order valence-electron chi connectivity index (χ1n) is 8.80. The van der Waals surface area contributed by atoms with E-state index in [1.165, 1.54) is 0 Å². The quantitative estimate of drug-likeness (QED) is 0.476. The molecule has 138 valence electrons. The highest BCUT2D eigenvalue weighted by Gasteiger charge is 2.18. The molecule has 0 atom stereocenters. The van der Waals surface area contributed by atoms with Crippen molar-refractivity contribution in [1.82, 2.24) is 9.97 Å². The van der Waals surface area contributed by atoms with Crippen LogP contribution in [0.2, 0.25) is 5.02 Å². The Morgan fingerprint density at radius 2 is 1.54 bits per heavy atom. The molecule has 1 heterocycles. The molecule has 0 saturated heterocycles. The molecular formula is C23H17ClN2O2. The van der Waals surface area contributed by atoms with Crippen molar-refractivity contribution < 1.29 is 4.74 Å². The van der Waals surface area contributed by atoms with Crippen LogP contribution in [0, 0.1) is 6.92 Å². The van der Waals surface area contributed by atoms with Crippen LogP contribution in [0.3, 0.4) is 0 Å². The number of benzene rings is 3. The first-order valence-corrected chi connectivity index (χ1v) is 9.18. The zero-order valence-corrected chi connectivity index (χ0v) is 15.9. The monoisotopic (exact) mass is 388 g/mol. The highest BCUT2D eigenvalue weighted by molar-refractivity contribution is 6.30. The number of hydrogen-bond acceptors (Lipinski definition) is 3. The van der Waals surface area contributed by atoms with Gasteiger partial charge in [0.05, 0.1) is 5.69 Å². The van der Waals surface area contributed by atoms with Gasteiger partial charge in [0.25, 0.3) is 0 Å². The number of hydrogen-bond donors (Lipinski definition) is 1. The van der Waals surface area contributed by atoms with Gasteiger partial charge in [0, 0.05) is 16.1 Å². The topological polar surface area (TPSA) is 55.0 Å². The third-order valence-electron chi connectivity index (χ3n) is 4.31. The first kappa shape index (κ1) is 18.0. The highest BCUT2D eigenvalue weighted by Crippen LogP contribution is 2.38. The fourth-order valence-corrected chi connectivity index (χ4v) is 3.02. The fraction of sp³-hybridized carbons (Fsp3) is 0.0435. The third kappa shape index (κ3) is 3.82. The van der Waals surface area contributed by atoms with Crippen LogP contribution in [-0.4, -0.2) is 9.97 Å². The van der Waals surface area contributed by atoms with Gasteiger partial charge in [-0.25, -0.2) is 4.79 Å². The van der Waals surface area contributed by atoms with Crippen molar-refractivity contribution in [2.45, 2.75) is 6.92 Å². The number of rotatable bonds is 4. The number of nitrogens with one attached hydrogen (secondary N) is 1. The third-order valence-corrected chi connectivity index (χ3v) is 4.56. The Hall–Kier alpha value is -3.37. The Morgan fingerprint density at radius 3 is 2.21 bits per heavy atom. The molecule has 4 nitrogen and oxygen atoms in total. The summed E-state index contributed by atoms with van der Waals surface area (Å²) in [5.41, 5.74) is 3.30. The van der Waals surface area contributed by atoms with Crippen molar-refractivity contribution in [3.8, 4) is 34.0 Å². The summed E-state index contributed by atoms with van der Waals surface area (Å²) in [6, 6.07) is 24.4. The molecule has 0 saturated carbocycles. The van der Waals surface area contributed by atoms with E-state index in [0.717, 1.165) is 16.7 Å². The van der Waals surface area contributed by atoms with E-state index in [0.29, 0.717) is 27.9 Å². The second-order valence-electron chi connectivity index (χ2n) is 6.38. The molecule has 0 amide bonds. The van der Waals surface area contributed by atoms with Gasteiger partial charge in [-0.3, -0.25) is 0 Å². The number of aromatic amines is 1. The second kappa shape index (κ2) is 7.71. The molecular weight excluding hydrogens is 372 g/mol. The summed E-state index contributed by atoms with van der Waals surface area (Å²) < 4.78 is 6.22. The number of halogens is 1. The standard InChI is InChI=1S/C23H17ClN2O2/c1-15-7-13-19(14-8-15)28-22-20(16-5-3-2-4-6-16)25-23(27)26-21(22)17-9-11-18(24)12-10-17/h2-14H,1H3,(H,25,26,27). The SMILES string of the molecule is Cc1ccc(Oc2c(-c3ccccc3)nc(=O)[nH]c2-c2ccc(Cl)cc2)cc1. The lowest BCUT2D eigenvalue weighted by molar-refractivity contribution is 0.481. The van der Waals surface area contributed by atoms with Crippen LogP contribution < -0.4 is 10.4 Å². The number of ether oxygens (including phenoxy) is 1. The van der Waals surface area contributed by atoms with E-state index >= 15 is 0 Å². The van der Waals surface area contributed by atoms with Gasteiger partial charge in [0.1, 0.15) is 11.4 Å². The Balaban J connectivity index is 1.94. The van der Waals surface area contributed by atoms with E-state index < -0.39 is 5.69 Å². The molecule has 5 heteroatoms. The van der Waals surface area contributed by atoms with Gasteiger partial charge in [-0.15, -0.1) is 0 Å². The molecule has 4 aromatic rings. The Morgan fingerprint density at radius 1 is 0.857 bits per heavy atom. The summed E-state index contributed by atoms with van der Waals surface area (Å²) in [5.74, 6) is 1.14. The van der Waals surface area contributed by atoms with E-state index in [9.17, 15) is 4.79 Å². The minimum absolute atomic E-state index is 0.444. The maximum absolute atomic E-state index is 12.3. The lowest BCUT2D eigenvalue weighted by Crippen LogP contribution is -2.14. The predicted octanol–water partition coefficient (Wildman–Crippen LogP) is 5.86. The minimum atomic E-state index is -0.444. The average Bonchev–Trinajstić information content (AvgIpc) is 2.72. The van der Waals surface area contributed by atoms with E-state index in [4.69, 9.17) is 16.3 Å². The summed E-state index contributed by atoms with van der Waals surface area (Å²) in [5, 5.41) is 0.615. The van der Waals surface area contributed by atoms with Crippen molar-refractivity contribution in [2.24, 2.45) is 0 Å². The zero-order valence-electron chi connectivity index (χ0n) is 15.1. The van der Waals surface area contributed by atoms with Crippen LogP contribution in [0.1, 0.15) is 5.56 Å². The number of aryl methyl sites for hydroxylation is 1. The summed E-state index contributed by atoms with van der Waals surface area (Å²) in [6.45, 7) is 2.01. The molecule has 0 aliphatic carbocycles. The molecule has 0 aliphatic heterocycles. The summed E-state index contributed by atoms with van der Waals surface area (Å²) in [6.07, 6.45) is 0. The van der Waals surface area contributed by atoms with Crippen molar-refractivity contribution in [3.05, 3.63) is 99.9 Å². The predicted molar refractivity (Wildman–Crippen MR) is 112 cm³/mol. The van der Waals surface area contributed by atoms with E-state index in [2.05, 4.69) is 9.97 Å². The normalized spacial score (nSPS) is 10.6. The molecule has 3 aromatic carbocycles. The molecule has 1 N–H and O–H groups in total. The van der Waals surface area contributed by atoms with Crippen LogP contribution in [-0.2, 0) is 0 Å². The lowest BCUT2D eigenvalue weighted by Gasteiger charge is -2.15. The maximum Gasteiger partial charge on any atom is 0.346 e. The lowest BCUT2D eigenvalue weighted by atomic mass is 10.1. The van der Waals surface area contributed by atoms with Crippen LogP contribution >= 0.6 is 11.6 Å². The molecule has 1 aromatic heterocycles. The molecule has 4 rings (SSSR count). The van der Waals surface area contributed by atoms with Gasteiger partial charge in [-0.1, -0.05) is 71.8 Å². The average molecular weight is 389 g/mol. The molecule has 0 bridgehead atoms. The number of aromatic nitrogens is 2. The van der Waals surface area contributed by atoms with E-state index in [1.807, 2.05) is 73.7 Å². The van der Waals surface area contributed by atoms with Crippen molar-refractivity contribution in [1.29, 1.82) is 0 Å². The maximum atomic E-state index is 12.3. The first-order chi connectivity index (χ1) is 13.6. The summed E-state index contributed by atoms with van der Waals surface area (Å²) in [4.78, 5) is 19.3. The molecule has 0 spiro atoms. The van der Waals surface area contributed by atoms with Crippen LogP contribution in [0.15, 0.2) is 83.7 Å². The summed E-state index contributed by atoms with van der Waals surface area (Å²) >= 11 is 6.03. The molecule has 0 fully saturated rings. The van der Waals surface area contributed by atoms with Crippen molar-refractivity contribution in [2.75, 3.05) is 0 Å². The smallest absolute Gasteiger partial charge is 0.346 e. The summed E-state index contributed by atoms with van der Waals surface area (Å²) in [7, 11) is 0. The van der Waals surface area contributed by atoms with Gasteiger partial charge in [-0.05, 0) is 31.2 Å². The molecule has 0 unspecified atom stereocenters. The highest BCUT2D eigenvalue weighted by atomic mass is 35.5. The molecule has 0 radical (unpaired) electrons. The number of H-pyrrole nitrogens is 1. The van der Waals surface area contributed by atoms with Gasteiger partial charge < -0.3 is 9.72 Å². The van der Waals surface area contributed by atoms with Gasteiger partial charge >= 0.3 is 5.69 Å². The van der Waals surface area contributed by atoms with Gasteiger partial charge in [0.15, 0.2) is 5.75 Å². The Kier molecular flexibility index (Phi) is 4.96. The largest absolute Gasteiger partial charge is 0.453 e. The van der Waals surface area contributed by atoms with Crippen molar-refractivity contribution in [3.63, 3.8) is 0 Å². The van der Waals surface area contributed by atoms with Gasteiger partial charge in [-0.2, -0.15) is 4.98 Å². The van der Waals surface area contributed by atoms with E-state index in [-0.39, 0.29) is 0 Å². The fourth-order valence-electron chi connectivity index (χ4n) is 2.90. The zero-order chi connectivity index (χ0) is 19.5. The molecule has 28 heavy (non-hydrogen) atoms. The molecule has 0 aliphatic rings. The second-order valence-corrected chi connectivity index (χ2v) is 6.82. The van der Waals surface area contributed by atoms with Crippen LogP contribution in [0.25, 0.3) is 22.5 Å². The van der Waals surface area contributed by atoms with Crippen LogP contribution in [0.5, 0.6) is 11.5 Å².